The van der Waals surface area contributed by atoms with Gasteiger partial charge in [0, 0.05) is 36.4 Å². The molecule has 0 saturated carbocycles. The quantitative estimate of drug-likeness (QED) is 0.873. The van der Waals surface area contributed by atoms with Crippen LogP contribution in [0.4, 0.5) is 5.13 Å². The Morgan fingerprint density at radius 2 is 2.15 bits per heavy atom. The first-order chi connectivity index (χ1) is 9.65. The molecule has 0 aromatic carbocycles. The zero-order chi connectivity index (χ0) is 14.5. The van der Waals surface area contributed by atoms with Crippen LogP contribution < -0.4 is 16.6 Å². The Morgan fingerprint density at radius 1 is 1.35 bits per heavy atom. The van der Waals surface area contributed by atoms with E-state index in [4.69, 9.17) is 0 Å². The smallest absolute Gasteiger partial charge is 0.331 e. The summed E-state index contributed by atoms with van der Waals surface area (Å²) >= 11 is 1.47. The molecule has 7 heteroatoms. The van der Waals surface area contributed by atoms with Crippen LogP contribution in [0.3, 0.4) is 0 Å². The summed E-state index contributed by atoms with van der Waals surface area (Å²) in [6.45, 7) is 5.63. The van der Waals surface area contributed by atoms with Crippen LogP contribution in [0, 0.1) is 0 Å². The van der Waals surface area contributed by atoms with E-state index in [-0.39, 0.29) is 17.8 Å². The molecule has 0 unspecified atom stereocenters. The highest BCUT2D eigenvalue weighted by Gasteiger charge is 2.08. The third kappa shape index (κ3) is 3.16. The van der Waals surface area contributed by atoms with Crippen molar-refractivity contribution in [3.05, 3.63) is 44.2 Å². The molecule has 108 valence electrons. The van der Waals surface area contributed by atoms with Gasteiger partial charge in [-0.25, -0.2) is 9.78 Å². The van der Waals surface area contributed by atoms with Crippen molar-refractivity contribution in [2.24, 2.45) is 0 Å². The lowest BCUT2D eigenvalue weighted by molar-refractivity contribution is 0.602. The molecule has 2 rings (SSSR count). The standard InChI is InChI=1S/C13H18N4O2S/c1-3-6-14-12-15-8-10(20-12)9-17-11(18)5-7-16(4-2)13(17)19/h5,7-8H,3-4,6,9H2,1-2H3,(H,14,15). The fraction of sp³-hybridized carbons (Fsp3) is 0.462. The second kappa shape index (κ2) is 6.51. The van der Waals surface area contributed by atoms with Gasteiger partial charge in [0.15, 0.2) is 5.13 Å². The minimum absolute atomic E-state index is 0.268. The average Bonchev–Trinajstić information content (AvgIpc) is 2.89. The number of anilines is 1. The summed E-state index contributed by atoms with van der Waals surface area (Å²) in [5.74, 6) is 0. The molecular formula is C13H18N4O2S. The van der Waals surface area contributed by atoms with Crippen LogP contribution in [0.5, 0.6) is 0 Å². The molecule has 0 amide bonds. The third-order valence-electron chi connectivity index (χ3n) is 2.87. The van der Waals surface area contributed by atoms with Crippen LogP contribution in [0.2, 0.25) is 0 Å². The van der Waals surface area contributed by atoms with Crippen molar-refractivity contribution in [2.45, 2.75) is 33.4 Å². The highest BCUT2D eigenvalue weighted by Crippen LogP contribution is 2.18. The maximum atomic E-state index is 12.1. The molecule has 1 N–H and O–H groups in total. The van der Waals surface area contributed by atoms with Crippen LogP contribution in [-0.2, 0) is 13.1 Å². The number of nitrogens with zero attached hydrogens (tertiary/aromatic N) is 3. The van der Waals surface area contributed by atoms with Gasteiger partial charge >= 0.3 is 5.69 Å². The minimum atomic E-state index is -0.281. The summed E-state index contributed by atoms with van der Waals surface area (Å²) in [4.78, 5) is 29.0. The van der Waals surface area contributed by atoms with Crippen molar-refractivity contribution in [3.63, 3.8) is 0 Å². The Hall–Kier alpha value is -1.89. The summed E-state index contributed by atoms with van der Waals surface area (Å²) < 4.78 is 2.75. The zero-order valence-electron chi connectivity index (χ0n) is 11.6. The number of nitrogens with one attached hydrogen (secondary N) is 1. The van der Waals surface area contributed by atoms with Crippen LogP contribution in [0.1, 0.15) is 25.1 Å². The largest absolute Gasteiger partial charge is 0.362 e. The van der Waals surface area contributed by atoms with Gasteiger partial charge in [0.05, 0.1) is 6.54 Å². The van der Waals surface area contributed by atoms with Gasteiger partial charge in [0.1, 0.15) is 0 Å². The van der Waals surface area contributed by atoms with Gasteiger partial charge in [-0.2, -0.15) is 0 Å². The minimum Gasteiger partial charge on any atom is -0.362 e. The third-order valence-corrected chi connectivity index (χ3v) is 3.81. The number of aryl methyl sites for hydroxylation is 1. The maximum Gasteiger partial charge on any atom is 0.331 e. The van der Waals surface area contributed by atoms with Gasteiger partial charge in [-0.05, 0) is 13.3 Å². The molecule has 0 fully saturated rings. The highest BCUT2D eigenvalue weighted by atomic mass is 32.1. The molecule has 0 saturated heterocycles. The average molecular weight is 294 g/mol. The molecule has 0 radical (unpaired) electrons. The normalized spacial score (nSPS) is 10.7. The van der Waals surface area contributed by atoms with Crippen LogP contribution in [0.25, 0.3) is 0 Å². The molecule has 0 aliphatic carbocycles. The Balaban J connectivity index is 2.24. The molecule has 2 aromatic heterocycles. The molecule has 0 atom stereocenters. The Morgan fingerprint density at radius 3 is 2.85 bits per heavy atom. The van der Waals surface area contributed by atoms with E-state index in [1.165, 1.54) is 32.7 Å². The van der Waals surface area contributed by atoms with E-state index < -0.39 is 0 Å². The van der Waals surface area contributed by atoms with Crippen molar-refractivity contribution in [3.8, 4) is 0 Å². The maximum absolute atomic E-state index is 12.1. The summed E-state index contributed by atoms with van der Waals surface area (Å²) in [5.41, 5.74) is -0.562. The Labute approximate surface area is 120 Å². The molecule has 2 aromatic rings. The first-order valence-electron chi connectivity index (χ1n) is 6.64. The predicted molar refractivity (Wildman–Crippen MR) is 80.6 cm³/mol. The summed E-state index contributed by atoms with van der Waals surface area (Å²) in [6, 6.07) is 1.42. The molecule has 0 bridgehead atoms. The molecule has 0 spiro atoms. The predicted octanol–water partition coefficient (Wildman–Crippen LogP) is 1.36. The second-order valence-corrected chi connectivity index (χ2v) is 5.48. The lowest BCUT2D eigenvalue weighted by Crippen LogP contribution is -2.38. The van der Waals surface area contributed by atoms with Crippen LogP contribution in [0.15, 0.2) is 28.0 Å². The Kier molecular flexibility index (Phi) is 4.73. The van der Waals surface area contributed by atoms with Crippen LogP contribution >= 0.6 is 11.3 Å². The van der Waals surface area contributed by atoms with Gasteiger partial charge in [-0.3, -0.25) is 9.36 Å². The van der Waals surface area contributed by atoms with Gasteiger partial charge < -0.3 is 9.88 Å². The molecular weight excluding hydrogens is 276 g/mol. The van der Waals surface area contributed by atoms with Gasteiger partial charge in [-0.15, -0.1) is 11.3 Å². The van der Waals surface area contributed by atoms with Crippen molar-refractivity contribution >= 4 is 16.5 Å². The monoisotopic (exact) mass is 294 g/mol. The number of aromatic nitrogens is 3. The topological polar surface area (TPSA) is 68.9 Å². The van der Waals surface area contributed by atoms with Gasteiger partial charge in [0.2, 0.25) is 0 Å². The van der Waals surface area contributed by atoms with Crippen LogP contribution in [-0.4, -0.2) is 20.7 Å². The number of hydrogen-bond acceptors (Lipinski definition) is 5. The number of rotatable bonds is 6. The first-order valence-corrected chi connectivity index (χ1v) is 7.46. The lowest BCUT2D eigenvalue weighted by atomic mass is 10.5. The molecule has 20 heavy (non-hydrogen) atoms. The highest BCUT2D eigenvalue weighted by molar-refractivity contribution is 7.15. The first kappa shape index (κ1) is 14.5. The van der Waals surface area contributed by atoms with E-state index in [9.17, 15) is 9.59 Å². The fourth-order valence-electron chi connectivity index (χ4n) is 1.79. The van der Waals surface area contributed by atoms with Gasteiger partial charge in [0.25, 0.3) is 5.56 Å². The summed E-state index contributed by atoms with van der Waals surface area (Å²) in [7, 11) is 0. The fourth-order valence-corrected chi connectivity index (χ4v) is 2.62. The van der Waals surface area contributed by atoms with E-state index in [2.05, 4.69) is 17.2 Å². The molecule has 0 aliphatic heterocycles. The van der Waals surface area contributed by atoms with Crippen molar-refractivity contribution in [1.82, 2.24) is 14.1 Å². The summed E-state index contributed by atoms with van der Waals surface area (Å²) in [5, 5.41) is 4.01. The van der Waals surface area contributed by atoms with E-state index in [1.54, 1.807) is 6.20 Å². The van der Waals surface area contributed by atoms with E-state index in [0.29, 0.717) is 6.54 Å². The summed E-state index contributed by atoms with van der Waals surface area (Å²) in [6.07, 6.45) is 4.26. The van der Waals surface area contributed by atoms with Crippen molar-refractivity contribution < 1.29 is 0 Å². The molecule has 2 heterocycles. The Bertz CT molecular complexity index is 686. The number of thiazole rings is 1. The van der Waals surface area contributed by atoms with E-state index in [1.807, 2.05) is 6.92 Å². The molecule has 0 aliphatic rings. The van der Waals surface area contributed by atoms with Gasteiger partial charge in [-0.1, -0.05) is 6.92 Å². The SMILES string of the molecule is CCCNc1ncc(Cn2c(=O)ccn(CC)c2=O)s1. The van der Waals surface area contributed by atoms with E-state index >= 15 is 0 Å². The molecule has 6 nitrogen and oxygen atoms in total. The van der Waals surface area contributed by atoms with E-state index in [0.717, 1.165) is 23.0 Å². The second-order valence-electron chi connectivity index (χ2n) is 4.37. The lowest BCUT2D eigenvalue weighted by Gasteiger charge is -2.06. The number of hydrogen-bond donors (Lipinski definition) is 1. The van der Waals surface area contributed by atoms with Crippen molar-refractivity contribution in [1.29, 1.82) is 0 Å². The van der Waals surface area contributed by atoms with Crippen molar-refractivity contribution in [2.75, 3.05) is 11.9 Å². The zero-order valence-corrected chi connectivity index (χ0v) is 12.4.